The molecule has 2 atom stereocenters. The predicted molar refractivity (Wildman–Crippen MR) is 191 cm³/mol. The Morgan fingerprint density at radius 3 is 2.17 bits per heavy atom. The number of piperidine rings is 1. The number of halogens is 5. The van der Waals surface area contributed by atoms with Crippen molar-refractivity contribution in [1.82, 2.24) is 20.0 Å². The zero-order valence-corrected chi connectivity index (χ0v) is 30.3. The Balaban J connectivity index is 1.29. The number of rotatable bonds is 10. The van der Waals surface area contributed by atoms with Gasteiger partial charge in [0.1, 0.15) is 17.6 Å². The highest BCUT2D eigenvalue weighted by molar-refractivity contribution is 6.30. The number of nitrogens with one attached hydrogen (secondary N) is 1. The van der Waals surface area contributed by atoms with E-state index in [0.717, 1.165) is 23.3 Å². The molecule has 2 unspecified atom stereocenters. The third-order valence-corrected chi connectivity index (χ3v) is 9.75. The molecule has 3 amide bonds. The standard InChI is InChI=1S/C37H40Cl2F3N5O5/c1-3-50-30-20-25(37(40,41)42)8-13-29(30)35-44-33(23-4-9-26(38)10-5-23)34(24-6-11-27(39)12-7-24)47(35)36(49)46-16-14-28(15-17-46)43-31(48)21-45(2)22-32-51-18-19-52-32/h4-13,20,28,32-34H,3,14-19,21-22H2,1-2H3,(H,43,48). The first-order valence-electron chi connectivity index (χ1n) is 17.1. The number of aliphatic imine (C=N–C) groups is 1. The van der Waals surface area contributed by atoms with Crippen LogP contribution in [0.25, 0.3) is 0 Å². The van der Waals surface area contributed by atoms with Gasteiger partial charge < -0.3 is 24.4 Å². The zero-order chi connectivity index (χ0) is 37.0. The van der Waals surface area contributed by atoms with E-state index in [2.05, 4.69) is 5.32 Å². The van der Waals surface area contributed by atoms with E-state index in [1.165, 1.54) is 6.07 Å². The number of ether oxygens (including phenoxy) is 3. The lowest BCUT2D eigenvalue weighted by molar-refractivity contribution is -0.137. The molecule has 1 N–H and O–H groups in total. The monoisotopic (exact) mass is 761 g/mol. The summed E-state index contributed by atoms with van der Waals surface area (Å²) in [4.78, 5) is 37.8. The second kappa shape index (κ2) is 16.4. The van der Waals surface area contributed by atoms with E-state index < -0.39 is 23.8 Å². The molecule has 3 aliphatic heterocycles. The second-order valence-corrected chi connectivity index (χ2v) is 13.8. The summed E-state index contributed by atoms with van der Waals surface area (Å²) in [5.74, 6) is -0.00714. The van der Waals surface area contributed by atoms with E-state index >= 15 is 0 Å². The molecular weight excluding hydrogens is 722 g/mol. The summed E-state index contributed by atoms with van der Waals surface area (Å²) in [5, 5.41) is 4.10. The van der Waals surface area contributed by atoms with Gasteiger partial charge in [0, 0.05) is 35.7 Å². The summed E-state index contributed by atoms with van der Waals surface area (Å²) in [7, 11) is 1.82. The van der Waals surface area contributed by atoms with Crippen molar-refractivity contribution in [1.29, 1.82) is 0 Å². The first kappa shape index (κ1) is 37.9. The Bertz CT molecular complexity index is 1750. The summed E-state index contributed by atoms with van der Waals surface area (Å²) in [6.45, 7) is 4.13. The first-order chi connectivity index (χ1) is 24.9. The molecule has 52 heavy (non-hydrogen) atoms. The molecular formula is C37H40Cl2F3N5O5. The van der Waals surface area contributed by atoms with Gasteiger partial charge in [-0.25, -0.2) is 4.79 Å². The van der Waals surface area contributed by atoms with Gasteiger partial charge in [0.05, 0.1) is 43.5 Å². The van der Waals surface area contributed by atoms with Crippen LogP contribution in [0.5, 0.6) is 5.75 Å². The molecule has 0 aliphatic carbocycles. The van der Waals surface area contributed by atoms with Crippen molar-refractivity contribution in [2.45, 2.75) is 50.4 Å². The van der Waals surface area contributed by atoms with Crippen molar-refractivity contribution in [2.75, 3.05) is 53.0 Å². The smallest absolute Gasteiger partial charge is 0.416 e. The Morgan fingerprint density at radius 1 is 0.962 bits per heavy atom. The highest BCUT2D eigenvalue weighted by Crippen LogP contribution is 2.46. The molecule has 10 nitrogen and oxygen atoms in total. The predicted octanol–water partition coefficient (Wildman–Crippen LogP) is 6.96. The molecule has 0 radical (unpaired) electrons. The SMILES string of the molecule is CCOc1cc(C(F)(F)F)ccc1C1=NC(c2ccc(Cl)cc2)C(c2ccc(Cl)cc2)N1C(=O)N1CCC(NC(=O)CN(C)CC2OCCO2)CC1. The Hall–Kier alpha value is -3.88. The topological polar surface area (TPSA) is 95.9 Å². The van der Waals surface area contributed by atoms with Crippen molar-refractivity contribution >= 4 is 41.0 Å². The van der Waals surface area contributed by atoms with Crippen LogP contribution in [0.1, 0.15) is 54.1 Å². The van der Waals surface area contributed by atoms with Crippen LogP contribution in [0.2, 0.25) is 10.0 Å². The van der Waals surface area contributed by atoms with E-state index in [9.17, 15) is 22.8 Å². The maximum atomic E-state index is 14.8. The molecule has 3 aliphatic rings. The quantitative estimate of drug-likeness (QED) is 0.240. The third kappa shape index (κ3) is 8.83. The fourth-order valence-corrected chi connectivity index (χ4v) is 6.98. The van der Waals surface area contributed by atoms with Gasteiger partial charge in [-0.1, -0.05) is 47.5 Å². The van der Waals surface area contributed by atoms with Gasteiger partial charge in [-0.2, -0.15) is 13.2 Å². The zero-order valence-electron chi connectivity index (χ0n) is 28.7. The fraction of sp³-hybridized carbons (Fsp3) is 0.432. The number of amides is 3. The molecule has 2 fully saturated rings. The molecule has 2 saturated heterocycles. The van der Waals surface area contributed by atoms with Gasteiger partial charge in [-0.05, 0) is 80.4 Å². The molecule has 3 heterocycles. The summed E-state index contributed by atoms with van der Waals surface area (Å²) < 4.78 is 58.2. The maximum absolute atomic E-state index is 14.8. The minimum absolute atomic E-state index is 0.0436. The number of carbonyl (C=O) groups is 2. The molecule has 278 valence electrons. The summed E-state index contributed by atoms with van der Waals surface area (Å²) in [6, 6.07) is 15.5. The van der Waals surface area contributed by atoms with E-state index in [0.29, 0.717) is 55.7 Å². The van der Waals surface area contributed by atoms with Crippen LogP contribution in [0.15, 0.2) is 71.7 Å². The van der Waals surface area contributed by atoms with Crippen molar-refractivity contribution < 1.29 is 37.0 Å². The molecule has 0 spiro atoms. The van der Waals surface area contributed by atoms with Crippen molar-refractivity contribution in [3.05, 3.63) is 99.0 Å². The summed E-state index contributed by atoms with van der Waals surface area (Å²) >= 11 is 12.5. The lowest BCUT2D eigenvalue weighted by atomic mass is 9.93. The highest BCUT2D eigenvalue weighted by atomic mass is 35.5. The fourth-order valence-electron chi connectivity index (χ4n) is 6.73. The number of nitrogens with zero attached hydrogens (tertiary/aromatic N) is 4. The molecule has 0 bridgehead atoms. The minimum atomic E-state index is -4.61. The molecule has 6 rings (SSSR count). The van der Waals surface area contributed by atoms with Gasteiger partial charge in [-0.3, -0.25) is 19.6 Å². The van der Waals surface area contributed by atoms with Crippen LogP contribution in [-0.4, -0.2) is 97.9 Å². The van der Waals surface area contributed by atoms with Crippen molar-refractivity contribution in [3.63, 3.8) is 0 Å². The number of hydrogen-bond donors (Lipinski definition) is 1. The number of carbonyl (C=O) groups excluding carboxylic acids is 2. The van der Waals surface area contributed by atoms with Gasteiger partial charge in [0.25, 0.3) is 0 Å². The third-order valence-electron chi connectivity index (χ3n) is 9.24. The van der Waals surface area contributed by atoms with Crippen LogP contribution >= 0.6 is 23.2 Å². The minimum Gasteiger partial charge on any atom is -0.493 e. The van der Waals surface area contributed by atoms with E-state index in [-0.39, 0.29) is 54.6 Å². The Kier molecular flexibility index (Phi) is 12.0. The van der Waals surface area contributed by atoms with Crippen molar-refractivity contribution in [2.24, 2.45) is 4.99 Å². The average Bonchev–Trinajstić information content (AvgIpc) is 3.77. The molecule has 0 aromatic heterocycles. The van der Waals surface area contributed by atoms with Crippen molar-refractivity contribution in [3.8, 4) is 5.75 Å². The van der Waals surface area contributed by atoms with Gasteiger partial charge in [-0.15, -0.1) is 0 Å². The van der Waals surface area contributed by atoms with Crippen LogP contribution in [-0.2, 0) is 20.4 Å². The number of likely N-dealkylation sites (tertiary alicyclic amines) is 1. The molecule has 3 aromatic rings. The first-order valence-corrected chi connectivity index (χ1v) is 17.9. The molecule has 15 heteroatoms. The Morgan fingerprint density at radius 2 is 1.58 bits per heavy atom. The molecule has 0 saturated carbocycles. The number of amidine groups is 1. The normalized spacial score (nSPS) is 20.0. The van der Waals surface area contributed by atoms with E-state index in [1.54, 1.807) is 41.0 Å². The second-order valence-electron chi connectivity index (χ2n) is 12.9. The number of urea groups is 1. The maximum Gasteiger partial charge on any atom is 0.416 e. The average molecular weight is 763 g/mol. The lowest BCUT2D eigenvalue weighted by Gasteiger charge is -2.38. The summed E-state index contributed by atoms with van der Waals surface area (Å²) in [5.41, 5.74) is 0.842. The molecule has 3 aromatic carbocycles. The van der Waals surface area contributed by atoms with Gasteiger partial charge >= 0.3 is 12.2 Å². The number of hydrogen-bond acceptors (Lipinski definition) is 7. The lowest BCUT2D eigenvalue weighted by Crippen LogP contribution is -2.53. The van der Waals surface area contributed by atoms with Gasteiger partial charge in [0.2, 0.25) is 5.91 Å². The highest BCUT2D eigenvalue weighted by Gasteiger charge is 2.45. The van der Waals surface area contributed by atoms with Crippen LogP contribution in [0.4, 0.5) is 18.0 Å². The van der Waals surface area contributed by atoms with Crippen LogP contribution in [0.3, 0.4) is 0 Å². The Labute approximate surface area is 310 Å². The number of likely N-dealkylation sites (N-methyl/N-ethyl adjacent to an activating group) is 1. The van der Waals surface area contributed by atoms with Gasteiger partial charge in [0.15, 0.2) is 6.29 Å². The van der Waals surface area contributed by atoms with E-state index in [1.807, 2.05) is 36.2 Å². The van der Waals surface area contributed by atoms with Crippen LogP contribution in [0, 0.1) is 0 Å². The number of alkyl halides is 3. The van der Waals surface area contributed by atoms with Crippen LogP contribution < -0.4 is 10.1 Å². The van der Waals surface area contributed by atoms with E-state index in [4.69, 9.17) is 42.4 Å². The largest absolute Gasteiger partial charge is 0.493 e. The summed E-state index contributed by atoms with van der Waals surface area (Å²) in [6.07, 6.45) is -3.95. The number of benzene rings is 3.